The van der Waals surface area contributed by atoms with Gasteiger partial charge in [0, 0.05) is 11.1 Å². The summed E-state index contributed by atoms with van der Waals surface area (Å²) >= 11 is 0. The molecule has 4 aromatic rings. The molecule has 0 saturated carbocycles. The highest BCUT2D eigenvalue weighted by Crippen LogP contribution is 2.40. The largest absolute Gasteiger partial charge is 0.497 e. The van der Waals surface area contributed by atoms with Gasteiger partial charge in [-0.15, -0.1) is 0 Å². The Hall–Kier alpha value is -3.96. The summed E-state index contributed by atoms with van der Waals surface area (Å²) in [5.41, 5.74) is 5.27. The van der Waals surface area contributed by atoms with E-state index in [1.54, 1.807) is 14.2 Å². The van der Waals surface area contributed by atoms with E-state index in [4.69, 9.17) is 23.7 Å². The molecule has 204 valence electrons. The van der Waals surface area contributed by atoms with Gasteiger partial charge >= 0.3 is 0 Å². The van der Waals surface area contributed by atoms with Crippen molar-refractivity contribution in [1.82, 2.24) is 0 Å². The van der Waals surface area contributed by atoms with Crippen molar-refractivity contribution in [2.24, 2.45) is 0 Å². The Bertz CT molecular complexity index is 1270. The van der Waals surface area contributed by atoms with Crippen molar-refractivity contribution in [2.45, 2.75) is 39.4 Å². The number of benzene rings is 4. The van der Waals surface area contributed by atoms with Crippen LogP contribution in [0, 0.1) is 0 Å². The molecular formula is C34H38O5. The lowest BCUT2D eigenvalue weighted by Gasteiger charge is -2.19. The van der Waals surface area contributed by atoms with Gasteiger partial charge in [-0.1, -0.05) is 68.4 Å². The molecule has 4 aromatic carbocycles. The number of para-hydroxylation sites is 1. The van der Waals surface area contributed by atoms with E-state index in [9.17, 15) is 0 Å². The summed E-state index contributed by atoms with van der Waals surface area (Å²) in [4.78, 5) is 0. The molecule has 2 unspecified atom stereocenters. The Morgan fingerprint density at radius 3 is 1.74 bits per heavy atom. The van der Waals surface area contributed by atoms with E-state index >= 15 is 0 Å². The number of ether oxygens (including phenoxy) is 5. The maximum absolute atomic E-state index is 6.42. The molecule has 0 aliphatic carbocycles. The van der Waals surface area contributed by atoms with Crippen molar-refractivity contribution < 1.29 is 23.7 Å². The van der Waals surface area contributed by atoms with Gasteiger partial charge in [0.15, 0.2) is 6.29 Å². The van der Waals surface area contributed by atoms with Crippen molar-refractivity contribution in [3.05, 3.63) is 96.6 Å². The van der Waals surface area contributed by atoms with Crippen molar-refractivity contribution in [2.75, 3.05) is 27.4 Å². The van der Waals surface area contributed by atoms with Crippen LogP contribution < -0.4 is 18.9 Å². The lowest BCUT2D eigenvalue weighted by Crippen LogP contribution is -2.20. The van der Waals surface area contributed by atoms with Crippen LogP contribution >= 0.6 is 0 Å². The molecule has 0 bridgehead atoms. The van der Waals surface area contributed by atoms with Crippen LogP contribution in [0.25, 0.3) is 22.3 Å². The Kier molecular flexibility index (Phi) is 9.87. The lowest BCUT2D eigenvalue weighted by molar-refractivity contribution is -0.0738. The van der Waals surface area contributed by atoms with E-state index < -0.39 is 6.29 Å². The molecular weight excluding hydrogens is 488 g/mol. The number of methoxy groups -OCH3 is 2. The second kappa shape index (κ2) is 13.7. The van der Waals surface area contributed by atoms with Crippen LogP contribution in [-0.2, 0) is 4.74 Å². The summed E-state index contributed by atoms with van der Waals surface area (Å²) < 4.78 is 29.3. The minimum Gasteiger partial charge on any atom is -0.497 e. The van der Waals surface area contributed by atoms with Gasteiger partial charge in [-0.05, 0) is 72.4 Å². The van der Waals surface area contributed by atoms with Gasteiger partial charge in [0.1, 0.15) is 29.6 Å². The first-order valence-electron chi connectivity index (χ1n) is 13.4. The molecule has 5 nitrogen and oxygen atoms in total. The Labute approximate surface area is 232 Å². The molecule has 0 aromatic heterocycles. The number of hydrogen-bond donors (Lipinski definition) is 0. The molecule has 4 rings (SSSR count). The monoisotopic (exact) mass is 526 g/mol. The zero-order valence-corrected chi connectivity index (χ0v) is 23.5. The zero-order valence-electron chi connectivity index (χ0n) is 23.5. The van der Waals surface area contributed by atoms with Crippen LogP contribution in [0.5, 0.6) is 23.0 Å². The van der Waals surface area contributed by atoms with Gasteiger partial charge in [0.25, 0.3) is 0 Å². The number of rotatable bonds is 13. The maximum atomic E-state index is 6.42. The second-order valence-corrected chi connectivity index (χ2v) is 9.43. The first-order chi connectivity index (χ1) is 19.0. The minimum absolute atomic E-state index is 0.360. The normalized spacial score (nSPS) is 12.4. The predicted molar refractivity (Wildman–Crippen MR) is 157 cm³/mol. The highest BCUT2D eigenvalue weighted by Gasteiger charge is 2.15. The van der Waals surface area contributed by atoms with Gasteiger partial charge in [0.05, 0.1) is 20.8 Å². The molecule has 0 saturated heterocycles. The lowest BCUT2D eigenvalue weighted by atomic mass is 9.97. The fourth-order valence-electron chi connectivity index (χ4n) is 4.42. The molecule has 0 aliphatic rings. The van der Waals surface area contributed by atoms with Crippen LogP contribution in [0.4, 0.5) is 0 Å². The molecule has 0 heterocycles. The molecule has 0 radical (unpaired) electrons. The van der Waals surface area contributed by atoms with Gasteiger partial charge in [0.2, 0.25) is 0 Å². The summed E-state index contributed by atoms with van der Waals surface area (Å²) in [5.74, 6) is 3.68. The van der Waals surface area contributed by atoms with Crippen molar-refractivity contribution >= 4 is 0 Å². The fraction of sp³-hybridized carbons (Fsp3) is 0.294. The SMILES string of the molecule is CCC(C)c1ccc(OC(C)OCCOc2c(-c3cccc(OC)c3)cccc2-c2cccc(OC)c2)cc1. The molecule has 5 heteroatoms. The Morgan fingerprint density at radius 1 is 0.641 bits per heavy atom. The highest BCUT2D eigenvalue weighted by atomic mass is 16.7. The summed E-state index contributed by atoms with van der Waals surface area (Å²) in [7, 11) is 3.34. The van der Waals surface area contributed by atoms with Crippen LogP contribution in [0.1, 0.15) is 38.7 Å². The maximum Gasteiger partial charge on any atom is 0.197 e. The van der Waals surface area contributed by atoms with E-state index in [1.165, 1.54) is 5.56 Å². The Morgan fingerprint density at radius 2 is 1.21 bits per heavy atom. The average Bonchev–Trinajstić information content (AvgIpc) is 2.99. The predicted octanol–water partition coefficient (Wildman–Crippen LogP) is 8.37. The van der Waals surface area contributed by atoms with Crippen molar-refractivity contribution in [3.8, 4) is 45.3 Å². The van der Waals surface area contributed by atoms with E-state index in [1.807, 2.05) is 61.5 Å². The summed E-state index contributed by atoms with van der Waals surface area (Å²) in [5, 5.41) is 0. The van der Waals surface area contributed by atoms with Crippen molar-refractivity contribution in [1.29, 1.82) is 0 Å². The highest BCUT2D eigenvalue weighted by molar-refractivity contribution is 5.83. The van der Waals surface area contributed by atoms with Crippen LogP contribution in [0.3, 0.4) is 0 Å². The molecule has 0 fully saturated rings. The van der Waals surface area contributed by atoms with Gasteiger partial charge in [-0.25, -0.2) is 0 Å². The van der Waals surface area contributed by atoms with E-state index in [2.05, 4.69) is 50.2 Å². The molecule has 0 N–H and O–H groups in total. The quantitative estimate of drug-likeness (QED) is 0.129. The first-order valence-corrected chi connectivity index (χ1v) is 13.4. The third kappa shape index (κ3) is 7.33. The molecule has 0 spiro atoms. The second-order valence-electron chi connectivity index (χ2n) is 9.43. The fourth-order valence-corrected chi connectivity index (χ4v) is 4.42. The van der Waals surface area contributed by atoms with Crippen LogP contribution in [0.15, 0.2) is 91.0 Å². The Balaban J connectivity index is 1.48. The van der Waals surface area contributed by atoms with Crippen molar-refractivity contribution in [3.63, 3.8) is 0 Å². The van der Waals surface area contributed by atoms with E-state index in [-0.39, 0.29) is 0 Å². The zero-order chi connectivity index (χ0) is 27.6. The summed E-state index contributed by atoms with van der Waals surface area (Å²) in [6, 6.07) is 30.4. The minimum atomic E-state index is -0.408. The third-order valence-corrected chi connectivity index (χ3v) is 6.82. The van der Waals surface area contributed by atoms with Gasteiger partial charge < -0.3 is 23.7 Å². The van der Waals surface area contributed by atoms with Gasteiger partial charge in [-0.2, -0.15) is 0 Å². The molecule has 2 atom stereocenters. The van der Waals surface area contributed by atoms with Crippen LogP contribution in [0.2, 0.25) is 0 Å². The average molecular weight is 527 g/mol. The summed E-state index contributed by atoms with van der Waals surface area (Å²) in [6.45, 7) is 7.05. The van der Waals surface area contributed by atoms with Gasteiger partial charge in [-0.3, -0.25) is 0 Å². The smallest absolute Gasteiger partial charge is 0.197 e. The molecule has 0 aliphatic heterocycles. The molecule has 39 heavy (non-hydrogen) atoms. The summed E-state index contributed by atoms with van der Waals surface area (Å²) in [6.07, 6.45) is 0.703. The van der Waals surface area contributed by atoms with E-state index in [0.717, 1.165) is 51.7 Å². The standard InChI is InChI=1S/C34H38O5/c1-6-24(2)26-16-18-29(19-17-26)39-25(3)37-20-21-38-34-32(27-10-7-12-30(22-27)35-4)14-9-15-33(34)28-11-8-13-31(23-28)36-5/h7-19,22-25H,6,20-21H2,1-5H3. The van der Waals surface area contributed by atoms with Crippen LogP contribution in [-0.4, -0.2) is 33.7 Å². The third-order valence-electron chi connectivity index (χ3n) is 6.82. The number of hydrogen-bond acceptors (Lipinski definition) is 5. The van der Waals surface area contributed by atoms with E-state index in [0.29, 0.717) is 19.1 Å². The topological polar surface area (TPSA) is 46.2 Å². The first kappa shape index (κ1) is 28.1. The molecule has 0 amide bonds.